The van der Waals surface area contributed by atoms with Crippen LogP contribution in [0.25, 0.3) is 0 Å². The van der Waals surface area contributed by atoms with E-state index in [1.54, 1.807) is 0 Å². The molecular formula is C15H21ClN2O5. The number of carbonyl (C=O) groups is 1. The van der Waals surface area contributed by atoms with E-state index in [1.807, 2.05) is 0 Å². The van der Waals surface area contributed by atoms with Crippen LogP contribution in [0.3, 0.4) is 0 Å². The Morgan fingerprint density at radius 2 is 2.13 bits per heavy atom. The molecule has 23 heavy (non-hydrogen) atoms. The largest absolute Gasteiger partial charge is 0.473 e. The van der Waals surface area contributed by atoms with Crippen LogP contribution in [0.5, 0.6) is 5.88 Å². The van der Waals surface area contributed by atoms with E-state index in [2.05, 4.69) is 10.3 Å². The first kappa shape index (κ1) is 17.9. The second kappa shape index (κ2) is 7.92. The molecule has 1 fully saturated rings. The van der Waals surface area contributed by atoms with Crippen LogP contribution >= 0.6 is 11.6 Å². The summed E-state index contributed by atoms with van der Waals surface area (Å²) in [4.78, 5) is 16.2. The zero-order valence-corrected chi connectivity index (χ0v) is 13.7. The van der Waals surface area contributed by atoms with Crippen LogP contribution in [0.2, 0.25) is 5.02 Å². The summed E-state index contributed by atoms with van der Waals surface area (Å²) in [6, 6.07) is 1.45. The number of carbonyl (C=O) groups excluding carboxylic acids is 1. The molecule has 0 aromatic carbocycles. The van der Waals surface area contributed by atoms with Crippen LogP contribution in [-0.2, 0) is 4.74 Å². The summed E-state index contributed by atoms with van der Waals surface area (Å²) in [6.45, 7) is 2.04. The van der Waals surface area contributed by atoms with Gasteiger partial charge in [0.1, 0.15) is 11.1 Å². The van der Waals surface area contributed by atoms with E-state index in [1.165, 1.54) is 19.2 Å². The highest BCUT2D eigenvalue weighted by molar-refractivity contribution is 6.32. The van der Waals surface area contributed by atoms with Gasteiger partial charge in [-0.1, -0.05) is 11.6 Å². The standard InChI is InChI=1S/C15H21ClN2O5/c1-15(8-19,9-20)18-13(21)10-6-12(16)14(17-7-10)23-11-2-4-22-5-3-11/h6-7,11,19-20H,2-5,8-9H2,1H3,(H,18,21). The zero-order chi connectivity index (χ0) is 16.9. The lowest BCUT2D eigenvalue weighted by molar-refractivity contribution is 0.0238. The molecular weight excluding hydrogens is 324 g/mol. The summed E-state index contributed by atoms with van der Waals surface area (Å²) in [5.41, 5.74) is -0.886. The van der Waals surface area contributed by atoms with Crippen LogP contribution < -0.4 is 10.1 Å². The molecule has 1 aliphatic heterocycles. The van der Waals surface area contributed by atoms with E-state index >= 15 is 0 Å². The predicted molar refractivity (Wildman–Crippen MR) is 83.8 cm³/mol. The van der Waals surface area contributed by atoms with Crippen LogP contribution in [0.15, 0.2) is 12.3 Å². The SMILES string of the molecule is CC(CO)(CO)NC(=O)c1cnc(OC2CCOCC2)c(Cl)c1. The smallest absolute Gasteiger partial charge is 0.253 e. The number of amides is 1. The number of aliphatic hydroxyl groups excluding tert-OH is 2. The van der Waals surface area contributed by atoms with Gasteiger partial charge in [0.15, 0.2) is 0 Å². The van der Waals surface area contributed by atoms with Gasteiger partial charge >= 0.3 is 0 Å². The highest BCUT2D eigenvalue weighted by atomic mass is 35.5. The Balaban J connectivity index is 2.04. The highest BCUT2D eigenvalue weighted by Crippen LogP contribution is 2.25. The molecule has 128 valence electrons. The fourth-order valence-electron chi connectivity index (χ4n) is 2.06. The average molecular weight is 345 g/mol. The quantitative estimate of drug-likeness (QED) is 0.704. The first-order valence-electron chi connectivity index (χ1n) is 7.41. The molecule has 1 amide bonds. The first-order chi connectivity index (χ1) is 11.0. The van der Waals surface area contributed by atoms with Crippen molar-refractivity contribution in [2.75, 3.05) is 26.4 Å². The Hall–Kier alpha value is -1.41. The minimum atomic E-state index is -1.11. The second-order valence-electron chi connectivity index (χ2n) is 5.77. The van der Waals surface area contributed by atoms with Crippen molar-refractivity contribution in [2.24, 2.45) is 0 Å². The van der Waals surface area contributed by atoms with Gasteiger partial charge in [-0.05, 0) is 13.0 Å². The third-order valence-corrected chi connectivity index (χ3v) is 3.90. The number of rotatable bonds is 6. The summed E-state index contributed by atoms with van der Waals surface area (Å²) in [5.74, 6) is -0.204. The molecule has 3 N–H and O–H groups in total. The van der Waals surface area contributed by atoms with Crippen molar-refractivity contribution in [2.45, 2.75) is 31.4 Å². The molecule has 1 aliphatic rings. The Morgan fingerprint density at radius 1 is 1.48 bits per heavy atom. The van der Waals surface area contributed by atoms with E-state index in [0.717, 1.165) is 12.8 Å². The maximum absolute atomic E-state index is 12.1. The molecule has 0 spiro atoms. The molecule has 0 saturated carbocycles. The van der Waals surface area contributed by atoms with Gasteiger partial charge in [-0.2, -0.15) is 0 Å². The molecule has 7 nitrogen and oxygen atoms in total. The van der Waals surface area contributed by atoms with Crippen LogP contribution in [0.1, 0.15) is 30.1 Å². The molecule has 1 saturated heterocycles. The number of nitrogens with zero attached hydrogens (tertiary/aromatic N) is 1. The van der Waals surface area contributed by atoms with Gasteiger partial charge in [-0.25, -0.2) is 4.98 Å². The lowest BCUT2D eigenvalue weighted by atomic mass is 10.0. The molecule has 2 rings (SSSR count). The van der Waals surface area contributed by atoms with Gasteiger partial charge in [0, 0.05) is 19.0 Å². The number of halogens is 1. The van der Waals surface area contributed by atoms with Crippen molar-refractivity contribution in [1.82, 2.24) is 10.3 Å². The fraction of sp³-hybridized carbons (Fsp3) is 0.600. The third kappa shape index (κ3) is 4.78. The van der Waals surface area contributed by atoms with E-state index in [9.17, 15) is 15.0 Å². The summed E-state index contributed by atoms with van der Waals surface area (Å²) in [6.07, 6.45) is 2.89. The van der Waals surface area contributed by atoms with Crippen molar-refractivity contribution in [3.05, 3.63) is 22.8 Å². The van der Waals surface area contributed by atoms with Crippen LogP contribution in [0, 0.1) is 0 Å². The number of hydrogen-bond donors (Lipinski definition) is 3. The number of aromatic nitrogens is 1. The molecule has 1 aromatic rings. The third-order valence-electron chi connectivity index (χ3n) is 3.63. The number of nitrogens with one attached hydrogen (secondary N) is 1. The minimum Gasteiger partial charge on any atom is -0.473 e. The van der Waals surface area contributed by atoms with Gasteiger partial charge in [0.05, 0.1) is 37.5 Å². The predicted octanol–water partition coefficient (Wildman–Crippen LogP) is 0.766. The van der Waals surface area contributed by atoms with Crippen LogP contribution in [-0.4, -0.2) is 59.2 Å². The van der Waals surface area contributed by atoms with Crippen molar-refractivity contribution in [3.63, 3.8) is 0 Å². The van der Waals surface area contributed by atoms with Crippen molar-refractivity contribution >= 4 is 17.5 Å². The molecule has 0 aliphatic carbocycles. The van der Waals surface area contributed by atoms with Crippen molar-refractivity contribution in [1.29, 1.82) is 0 Å². The molecule has 0 atom stereocenters. The second-order valence-corrected chi connectivity index (χ2v) is 6.18. The number of aliphatic hydroxyl groups is 2. The van der Waals surface area contributed by atoms with Gasteiger partial charge in [0.25, 0.3) is 5.91 Å². The van der Waals surface area contributed by atoms with E-state index < -0.39 is 11.4 Å². The van der Waals surface area contributed by atoms with Gasteiger partial charge in [-0.15, -0.1) is 0 Å². The Morgan fingerprint density at radius 3 is 2.70 bits per heavy atom. The minimum absolute atomic E-state index is 0.000459. The molecule has 0 radical (unpaired) electrons. The Labute approximate surface area is 139 Å². The van der Waals surface area contributed by atoms with E-state index in [-0.39, 0.29) is 35.8 Å². The first-order valence-corrected chi connectivity index (χ1v) is 7.79. The monoisotopic (exact) mass is 344 g/mol. The Kier molecular flexibility index (Phi) is 6.17. The highest BCUT2D eigenvalue weighted by Gasteiger charge is 2.26. The van der Waals surface area contributed by atoms with E-state index in [0.29, 0.717) is 13.2 Å². The zero-order valence-electron chi connectivity index (χ0n) is 12.9. The fourth-order valence-corrected chi connectivity index (χ4v) is 2.27. The number of hydrogen-bond acceptors (Lipinski definition) is 6. The summed E-state index contributed by atoms with van der Waals surface area (Å²) in [5, 5.41) is 21.2. The normalized spacial score (nSPS) is 16.2. The topological polar surface area (TPSA) is 101 Å². The molecule has 1 aromatic heterocycles. The van der Waals surface area contributed by atoms with Gasteiger partial charge in [0.2, 0.25) is 5.88 Å². The van der Waals surface area contributed by atoms with Crippen LogP contribution in [0.4, 0.5) is 0 Å². The summed E-state index contributed by atoms with van der Waals surface area (Å²) in [7, 11) is 0. The van der Waals surface area contributed by atoms with Gasteiger partial charge < -0.3 is 25.0 Å². The van der Waals surface area contributed by atoms with Crippen molar-refractivity contribution < 1.29 is 24.5 Å². The summed E-state index contributed by atoms with van der Waals surface area (Å²) < 4.78 is 11.0. The molecule has 2 heterocycles. The lowest BCUT2D eigenvalue weighted by Crippen LogP contribution is -2.51. The molecule has 0 unspecified atom stereocenters. The molecule has 0 bridgehead atoms. The lowest BCUT2D eigenvalue weighted by Gasteiger charge is -2.26. The summed E-state index contributed by atoms with van der Waals surface area (Å²) >= 11 is 6.13. The maximum Gasteiger partial charge on any atom is 0.253 e. The van der Waals surface area contributed by atoms with E-state index in [4.69, 9.17) is 21.1 Å². The Bertz CT molecular complexity index is 545. The van der Waals surface area contributed by atoms with Crippen molar-refractivity contribution in [3.8, 4) is 5.88 Å². The van der Waals surface area contributed by atoms with Gasteiger partial charge in [-0.3, -0.25) is 4.79 Å². The maximum atomic E-state index is 12.1. The number of ether oxygens (including phenoxy) is 2. The number of pyridine rings is 1. The average Bonchev–Trinajstić information content (AvgIpc) is 2.57. The molecule has 8 heteroatoms.